The number of nitrogens with zero attached hydrogens (tertiary/aromatic N) is 1. The van der Waals surface area contributed by atoms with Crippen LogP contribution < -0.4 is 0 Å². The first-order chi connectivity index (χ1) is 45.1. The van der Waals surface area contributed by atoms with Gasteiger partial charge in [-0.1, -0.05) is 390 Å². The van der Waals surface area contributed by atoms with Gasteiger partial charge in [0.15, 0.2) is 6.10 Å². The molecule has 0 radical (unpaired) electrons. The number of aliphatic carboxylic acids is 1. The fourth-order valence-corrected chi connectivity index (χ4v) is 12.2. The van der Waals surface area contributed by atoms with Gasteiger partial charge in [0.05, 0.1) is 34.4 Å². The van der Waals surface area contributed by atoms with Crippen molar-refractivity contribution in [1.82, 2.24) is 0 Å². The molecular weight excluding hydrogens is 1140 g/mol. The molecule has 92 heavy (non-hydrogen) atoms. The number of carbonyl (C=O) groups is 3. The number of carboxylic acids is 1. The Morgan fingerprint density at radius 3 is 0.924 bits per heavy atom. The van der Waals surface area contributed by atoms with Crippen LogP contribution in [0.4, 0.5) is 0 Å². The van der Waals surface area contributed by atoms with Crippen LogP contribution in [0.1, 0.15) is 406 Å². The van der Waals surface area contributed by atoms with Crippen LogP contribution >= 0.6 is 0 Å². The number of hydrogen-bond donors (Lipinski definition) is 1. The highest BCUT2D eigenvalue weighted by Crippen LogP contribution is 2.20. The number of rotatable bonds is 76. The Balaban J connectivity index is 3.96. The summed E-state index contributed by atoms with van der Waals surface area (Å²) in [5, 5.41) is 9.77. The Kier molecular flexibility index (Phi) is 71.8. The second kappa shape index (κ2) is 74.0. The molecule has 0 rings (SSSR count). The summed E-state index contributed by atoms with van der Waals surface area (Å²) in [5.74, 6) is -1.97. The summed E-state index contributed by atoms with van der Waals surface area (Å²) < 4.78 is 23.1. The maximum absolute atomic E-state index is 13.0. The molecule has 0 saturated heterocycles. The molecule has 0 bridgehead atoms. The molecule has 0 aromatic rings. The first-order valence-corrected chi connectivity index (χ1v) is 40.3. The molecule has 0 spiro atoms. The van der Waals surface area contributed by atoms with Crippen LogP contribution in [0.3, 0.4) is 0 Å². The summed E-state index contributed by atoms with van der Waals surface area (Å²) in [4.78, 5) is 37.7. The minimum absolute atomic E-state index is 0.176. The van der Waals surface area contributed by atoms with Crippen molar-refractivity contribution in [3.63, 3.8) is 0 Å². The average Bonchev–Trinajstić information content (AvgIpc) is 3.70. The zero-order chi connectivity index (χ0) is 66.8. The highest BCUT2D eigenvalue weighted by molar-refractivity contribution is 5.71. The van der Waals surface area contributed by atoms with Crippen LogP contribution in [0.2, 0.25) is 0 Å². The van der Waals surface area contributed by atoms with E-state index >= 15 is 0 Å². The Morgan fingerprint density at radius 2 is 0.620 bits per heavy atom. The highest BCUT2D eigenvalue weighted by Gasteiger charge is 2.25. The molecule has 0 heterocycles. The van der Waals surface area contributed by atoms with Crippen molar-refractivity contribution in [1.29, 1.82) is 0 Å². The van der Waals surface area contributed by atoms with Crippen LogP contribution in [0.5, 0.6) is 0 Å². The second-order valence-corrected chi connectivity index (χ2v) is 28.7. The molecule has 9 heteroatoms. The third kappa shape index (κ3) is 74.6. The van der Waals surface area contributed by atoms with E-state index in [2.05, 4.69) is 62.5 Å². The fourth-order valence-electron chi connectivity index (χ4n) is 12.2. The van der Waals surface area contributed by atoms with Crippen molar-refractivity contribution >= 4 is 17.9 Å². The van der Waals surface area contributed by atoms with Gasteiger partial charge in [-0.15, -0.1) is 0 Å². The van der Waals surface area contributed by atoms with Crippen molar-refractivity contribution in [3.05, 3.63) is 48.6 Å². The van der Waals surface area contributed by atoms with Gasteiger partial charge in [0.1, 0.15) is 13.2 Å². The van der Waals surface area contributed by atoms with Gasteiger partial charge in [-0.3, -0.25) is 9.59 Å². The topological polar surface area (TPSA) is 108 Å². The van der Waals surface area contributed by atoms with E-state index in [0.29, 0.717) is 17.4 Å². The van der Waals surface area contributed by atoms with Gasteiger partial charge in [-0.25, -0.2) is 4.79 Å². The molecule has 0 aliphatic carbocycles. The van der Waals surface area contributed by atoms with Crippen molar-refractivity contribution in [3.8, 4) is 0 Å². The standard InChI is InChI=1S/C83H155NO8/c1-6-8-10-12-14-16-18-20-22-24-26-28-30-32-34-36-38-39-40-41-42-44-45-47-49-51-53-55-57-59-61-63-65-67-69-71-73-80(85)90-77-79(78-91-83(82(87)88)89-76-75-84(3,4)5)92-81(86)74-72-70-68-66-64-62-60-58-56-54-52-50-48-46-43-37-35-33-31-29-27-25-23-21-19-17-15-13-11-9-7-2/h9,11,15,17,21,23,27,29,79,83H,6-8,10,12-14,16,18-20,22,24-26,28,30-78H2,1-5H3/p+1/b11-9-,17-15-,23-21-,29-27-. The third-order valence-corrected chi connectivity index (χ3v) is 18.3. The van der Waals surface area contributed by atoms with E-state index in [1.165, 1.54) is 315 Å². The number of unbranched alkanes of at least 4 members (excludes halogenated alkanes) is 53. The van der Waals surface area contributed by atoms with Gasteiger partial charge in [0.25, 0.3) is 6.29 Å². The lowest BCUT2D eigenvalue weighted by Gasteiger charge is -2.25. The lowest BCUT2D eigenvalue weighted by Crippen LogP contribution is -2.40. The monoisotopic (exact) mass is 1300 g/mol. The van der Waals surface area contributed by atoms with E-state index in [4.69, 9.17) is 18.9 Å². The quantitative estimate of drug-likeness (QED) is 0.0211. The van der Waals surface area contributed by atoms with Gasteiger partial charge in [-0.2, -0.15) is 0 Å². The van der Waals surface area contributed by atoms with Crippen molar-refractivity contribution in [2.75, 3.05) is 47.5 Å². The predicted molar refractivity (Wildman–Crippen MR) is 397 cm³/mol. The number of quaternary nitrogens is 1. The summed E-state index contributed by atoms with van der Waals surface area (Å²) in [7, 11) is 6.00. The van der Waals surface area contributed by atoms with Gasteiger partial charge >= 0.3 is 17.9 Å². The molecule has 0 aliphatic rings. The Bertz CT molecular complexity index is 1650. The zero-order valence-corrected chi connectivity index (χ0v) is 62.0. The molecule has 2 atom stereocenters. The number of esters is 2. The van der Waals surface area contributed by atoms with E-state index in [1.807, 2.05) is 21.1 Å². The molecule has 0 amide bonds. The molecule has 0 saturated carbocycles. The van der Waals surface area contributed by atoms with Crippen LogP contribution in [0.15, 0.2) is 48.6 Å². The Labute approximate surface area is 572 Å². The van der Waals surface area contributed by atoms with Crippen LogP contribution in [0.25, 0.3) is 0 Å². The normalized spacial score (nSPS) is 12.8. The molecular formula is C83H156NO8+. The number of allylic oxidation sites excluding steroid dienone is 8. The third-order valence-electron chi connectivity index (χ3n) is 18.3. The van der Waals surface area contributed by atoms with Crippen molar-refractivity contribution in [2.24, 2.45) is 0 Å². The van der Waals surface area contributed by atoms with Gasteiger partial charge in [0.2, 0.25) is 0 Å². The number of likely N-dealkylation sites (N-methyl/N-ethyl adjacent to an activating group) is 1. The van der Waals surface area contributed by atoms with E-state index in [1.54, 1.807) is 0 Å². The number of carbonyl (C=O) groups excluding carboxylic acids is 2. The molecule has 0 fully saturated rings. The zero-order valence-electron chi connectivity index (χ0n) is 62.0. The first kappa shape index (κ1) is 89.2. The summed E-state index contributed by atoms with van der Waals surface area (Å²) in [6, 6.07) is 0. The largest absolute Gasteiger partial charge is 0.477 e. The molecule has 0 aromatic heterocycles. The van der Waals surface area contributed by atoms with Crippen LogP contribution in [-0.4, -0.2) is 87.4 Å². The Morgan fingerprint density at radius 1 is 0.337 bits per heavy atom. The first-order valence-electron chi connectivity index (χ1n) is 40.3. The smallest absolute Gasteiger partial charge is 0.361 e. The molecule has 2 unspecified atom stereocenters. The lowest BCUT2D eigenvalue weighted by molar-refractivity contribution is -0.870. The lowest BCUT2D eigenvalue weighted by atomic mass is 10.0. The predicted octanol–water partition coefficient (Wildman–Crippen LogP) is 25.7. The molecule has 1 N–H and O–H groups in total. The van der Waals surface area contributed by atoms with E-state index < -0.39 is 18.4 Å². The summed E-state index contributed by atoms with van der Waals surface area (Å²) >= 11 is 0. The molecule has 0 aliphatic heterocycles. The Hall–Kier alpha value is -2.75. The second-order valence-electron chi connectivity index (χ2n) is 28.7. The van der Waals surface area contributed by atoms with E-state index in [-0.39, 0.29) is 38.2 Å². The number of hydrogen-bond acceptors (Lipinski definition) is 7. The van der Waals surface area contributed by atoms with Crippen molar-refractivity contribution < 1.29 is 42.9 Å². The van der Waals surface area contributed by atoms with Crippen molar-refractivity contribution in [2.45, 2.75) is 418 Å². The fraction of sp³-hybridized carbons (Fsp3) is 0.867. The maximum Gasteiger partial charge on any atom is 0.361 e. The summed E-state index contributed by atoms with van der Waals surface area (Å²) in [6.45, 7) is 4.84. The minimum Gasteiger partial charge on any atom is -0.477 e. The van der Waals surface area contributed by atoms with E-state index in [0.717, 1.165) is 64.2 Å². The molecule has 0 aromatic carbocycles. The van der Waals surface area contributed by atoms with E-state index in [9.17, 15) is 19.5 Å². The van der Waals surface area contributed by atoms with Gasteiger partial charge in [-0.05, 0) is 51.4 Å². The summed E-state index contributed by atoms with van der Waals surface area (Å²) in [5.41, 5.74) is 0. The molecule has 9 nitrogen and oxygen atoms in total. The van der Waals surface area contributed by atoms with Gasteiger partial charge in [0, 0.05) is 12.8 Å². The average molecular weight is 1300 g/mol. The highest BCUT2D eigenvalue weighted by atomic mass is 16.7. The summed E-state index contributed by atoms with van der Waals surface area (Å²) in [6.07, 6.45) is 94.2. The van der Waals surface area contributed by atoms with Crippen LogP contribution in [-0.2, 0) is 33.3 Å². The maximum atomic E-state index is 13.0. The number of ether oxygens (including phenoxy) is 4. The minimum atomic E-state index is -1.51. The molecule has 540 valence electrons. The SMILES string of the molecule is CC/C=C\C/C=C\C/C=C\C/C=C\CCCCCCCCCCCCCCCCCCCCC(=O)OC(COC(=O)CCCCCCCCCCCCCCCCCCCCCCCCCCCCCCCCCCCCCC)COC(OCC[N+](C)(C)C)C(=O)O. The van der Waals surface area contributed by atoms with Crippen LogP contribution in [0, 0.1) is 0 Å². The van der Waals surface area contributed by atoms with Gasteiger partial charge < -0.3 is 28.5 Å². The number of carboxylic acid groups (broad SMARTS) is 1.